The number of rotatable bonds is 8. The Morgan fingerprint density at radius 2 is 1.67 bits per heavy atom. The fraction of sp³-hybridized carbons (Fsp3) is 0.480. The van der Waals surface area contributed by atoms with Crippen LogP contribution in [-0.2, 0) is 14.8 Å². The van der Waals surface area contributed by atoms with Gasteiger partial charge in [-0.05, 0) is 76.8 Å². The van der Waals surface area contributed by atoms with Crippen molar-refractivity contribution in [3.8, 4) is 5.75 Å². The fourth-order valence-electron chi connectivity index (χ4n) is 4.16. The number of piperidine rings is 1. The normalized spacial score (nSPS) is 14.8. The van der Waals surface area contributed by atoms with E-state index in [4.69, 9.17) is 4.74 Å². The largest absolute Gasteiger partial charge is 0.489 e. The van der Waals surface area contributed by atoms with Crippen LogP contribution in [0.3, 0.4) is 0 Å². The second kappa shape index (κ2) is 10.6. The number of hydrogen-bond donors (Lipinski definition) is 2. The van der Waals surface area contributed by atoms with E-state index in [9.17, 15) is 13.2 Å². The maximum atomic E-state index is 13.1. The van der Waals surface area contributed by atoms with Crippen LogP contribution in [0, 0.1) is 20.8 Å². The number of anilines is 2. The Kier molecular flexibility index (Phi) is 8.02. The minimum Gasteiger partial charge on any atom is -0.489 e. The van der Waals surface area contributed by atoms with Crippen molar-refractivity contribution in [1.29, 1.82) is 0 Å². The predicted molar refractivity (Wildman–Crippen MR) is 133 cm³/mol. The molecule has 1 aliphatic rings. The second-order valence-corrected chi connectivity index (χ2v) is 10.9. The molecule has 180 valence electrons. The predicted octanol–water partition coefficient (Wildman–Crippen LogP) is 4.62. The lowest BCUT2D eigenvalue weighted by molar-refractivity contribution is -0.114. The SMILES string of the molecule is Cc1cc(C)c(NC(=O)CNc2cc(S(=O)(=O)N3CCCCC3)ccc2OC(C)C)c(C)c1. The number of nitrogens with one attached hydrogen (secondary N) is 2. The van der Waals surface area contributed by atoms with Crippen molar-refractivity contribution in [3.05, 3.63) is 47.0 Å². The van der Waals surface area contributed by atoms with Gasteiger partial charge in [0.1, 0.15) is 5.75 Å². The van der Waals surface area contributed by atoms with Gasteiger partial charge in [0.15, 0.2) is 0 Å². The number of hydrogen-bond acceptors (Lipinski definition) is 5. The molecule has 2 N–H and O–H groups in total. The average molecular weight is 474 g/mol. The van der Waals surface area contributed by atoms with Crippen LogP contribution in [-0.4, -0.2) is 44.4 Å². The molecule has 1 heterocycles. The zero-order valence-corrected chi connectivity index (χ0v) is 21.0. The van der Waals surface area contributed by atoms with Crippen LogP contribution in [0.4, 0.5) is 11.4 Å². The van der Waals surface area contributed by atoms with Gasteiger partial charge in [-0.25, -0.2) is 8.42 Å². The van der Waals surface area contributed by atoms with Gasteiger partial charge in [-0.15, -0.1) is 0 Å². The zero-order valence-electron chi connectivity index (χ0n) is 20.2. The van der Waals surface area contributed by atoms with Gasteiger partial charge in [0.05, 0.1) is 23.2 Å². The third kappa shape index (κ3) is 6.26. The zero-order chi connectivity index (χ0) is 24.2. The molecule has 1 amide bonds. The summed E-state index contributed by atoms with van der Waals surface area (Å²) in [6, 6.07) is 8.85. The highest BCUT2D eigenvalue weighted by molar-refractivity contribution is 7.89. The Hall–Kier alpha value is -2.58. The molecule has 1 aliphatic heterocycles. The Morgan fingerprint density at radius 1 is 1.03 bits per heavy atom. The molecule has 0 unspecified atom stereocenters. The Labute approximate surface area is 197 Å². The molecule has 0 saturated carbocycles. The van der Waals surface area contributed by atoms with Gasteiger partial charge >= 0.3 is 0 Å². The maximum Gasteiger partial charge on any atom is 0.243 e. The van der Waals surface area contributed by atoms with Gasteiger partial charge in [-0.3, -0.25) is 4.79 Å². The van der Waals surface area contributed by atoms with Gasteiger partial charge < -0.3 is 15.4 Å². The van der Waals surface area contributed by atoms with Gasteiger partial charge in [0.2, 0.25) is 15.9 Å². The first-order chi connectivity index (χ1) is 15.6. The minimum atomic E-state index is -3.59. The molecule has 2 aromatic carbocycles. The van der Waals surface area contributed by atoms with Crippen molar-refractivity contribution in [2.45, 2.75) is 64.9 Å². The van der Waals surface area contributed by atoms with E-state index in [1.165, 1.54) is 4.31 Å². The van der Waals surface area contributed by atoms with Crippen LogP contribution in [0.1, 0.15) is 49.8 Å². The van der Waals surface area contributed by atoms with E-state index in [1.807, 2.05) is 46.8 Å². The number of carbonyl (C=O) groups excluding carboxylic acids is 1. The minimum absolute atomic E-state index is 0.0194. The fourth-order valence-corrected chi connectivity index (χ4v) is 5.70. The first kappa shape index (κ1) is 25.1. The Morgan fingerprint density at radius 3 is 2.27 bits per heavy atom. The van der Waals surface area contributed by atoms with Crippen molar-refractivity contribution in [3.63, 3.8) is 0 Å². The van der Waals surface area contributed by atoms with Crippen molar-refractivity contribution in [2.75, 3.05) is 30.3 Å². The van der Waals surface area contributed by atoms with Crippen LogP contribution >= 0.6 is 0 Å². The number of ether oxygens (including phenoxy) is 1. The highest BCUT2D eigenvalue weighted by atomic mass is 32.2. The summed E-state index contributed by atoms with van der Waals surface area (Å²) in [5.74, 6) is 0.294. The molecule has 3 rings (SSSR count). The second-order valence-electron chi connectivity index (χ2n) is 8.96. The molecule has 2 aromatic rings. The summed E-state index contributed by atoms with van der Waals surface area (Å²) in [6.45, 7) is 10.8. The molecule has 0 aromatic heterocycles. The van der Waals surface area contributed by atoms with E-state index < -0.39 is 10.0 Å². The van der Waals surface area contributed by atoms with Crippen LogP contribution < -0.4 is 15.4 Å². The first-order valence-electron chi connectivity index (χ1n) is 11.5. The molecule has 0 atom stereocenters. The summed E-state index contributed by atoms with van der Waals surface area (Å²) in [7, 11) is -3.59. The number of nitrogens with zero attached hydrogens (tertiary/aromatic N) is 1. The molecule has 7 nitrogen and oxygen atoms in total. The number of benzene rings is 2. The van der Waals surface area contributed by atoms with Gasteiger partial charge in [0.25, 0.3) is 0 Å². The van der Waals surface area contributed by atoms with Crippen molar-refractivity contribution in [2.24, 2.45) is 0 Å². The molecule has 0 bridgehead atoms. The molecular formula is C25H35N3O4S. The lowest BCUT2D eigenvalue weighted by Gasteiger charge is -2.26. The third-order valence-corrected chi connectivity index (χ3v) is 7.54. The molecule has 0 radical (unpaired) electrons. The number of aryl methyl sites for hydroxylation is 3. The molecular weight excluding hydrogens is 438 g/mol. The highest BCUT2D eigenvalue weighted by Crippen LogP contribution is 2.31. The molecule has 0 aliphatic carbocycles. The molecule has 8 heteroatoms. The van der Waals surface area contributed by atoms with Crippen molar-refractivity contribution < 1.29 is 17.9 Å². The molecule has 0 spiro atoms. The summed E-state index contributed by atoms with van der Waals surface area (Å²) in [6.07, 6.45) is 2.70. The van der Waals surface area contributed by atoms with Crippen LogP contribution in [0.25, 0.3) is 0 Å². The van der Waals surface area contributed by atoms with Gasteiger partial charge in [0, 0.05) is 18.8 Å². The molecule has 33 heavy (non-hydrogen) atoms. The van der Waals surface area contributed by atoms with Gasteiger partial charge in [-0.2, -0.15) is 4.31 Å². The summed E-state index contributed by atoms with van der Waals surface area (Å²) in [4.78, 5) is 12.9. The first-order valence-corrected chi connectivity index (χ1v) is 12.9. The number of carbonyl (C=O) groups is 1. The summed E-state index contributed by atoms with van der Waals surface area (Å²) < 4.78 is 33.7. The van der Waals surface area contributed by atoms with E-state index in [-0.39, 0.29) is 23.5 Å². The van der Waals surface area contributed by atoms with Crippen LogP contribution in [0.15, 0.2) is 35.2 Å². The number of sulfonamides is 1. The van der Waals surface area contributed by atoms with Crippen molar-refractivity contribution >= 4 is 27.3 Å². The van der Waals surface area contributed by atoms with Crippen LogP contribution in [0.5, 0.6) is 5.75 Å². The molecule has 1 fully saturated rings. The quantitative estimate of drug-likeness (QED) is 0.584. The van der Waals surface area contributed by atoms with E-state index in [0.29, 0.717) is 24.5 Å². The van der Waals surface area contributed by atoms with E-state index >= 15 is 0 Å². The van der Waals surface area contributed by atoms with E-state index in [2.05, 4.69) is 10.6 Å². The topological polar surface area (TPSA) is 87.7 Å². The molecule has 1 saturated heterocycles. The summed E-state index contributed by atoms with van der Waals surface area (Å²) in [5, 5.41) is 6.05. The van der Waals surface area contributed by atoms with Gasteiger partial charge in [-0.1, -0.05) is 24.1 Å². The lowest BCUT2D eigenvalue weighted by atomic mass is 10.1. The smallest absolute Gasteiger partial charge is 0.243 e. The Balaban J connectivity index is 1.80. The summed E-state index contributed by atoms with van der Waals surface area (Å²) >= 11 is 0. The summed E-state index contributed by atoms with van der Waals surface area (Å²) in [5.41, 5.74) is 4.42. The van der Waals surface area contributed by atoms with E-state index in [0.717, 1.165) is 41.6 Å². The highest BCUT2D eigenvalue weighted by Gasteiger charge is 2.27. The van der Waals surface area contributed by atoms with Crippen LogP contribution in [0.2, 0.25) is 0 Å². The average Bonchev–Trinajstić information content (AvgIpc) is 2.75. The van der Waals surface area contributed by atoms with E-state index in [1.54, 1.807) is 18.2 Å². The maximum absolute atomic E-state index is 13.1. The third-order valence-electron chi connectivity index (χ3n) is 5.65. The van der Waals surface area contributed by atoms with Crippen molar-refractivity contribution in [1.82, 2.24) is 4.31 Å². The lowest BCUT2D eigenvalue weighted by Crippen LogP contribution is -2.35. The Bertz CT molecular complexity index is 1080. The monoisotopic (exact) mass is 473 g/mol. The standard InChI is InChI=1S/C25H35N3O4S/c1-17(2)32-23-10-9-21(33(30,31)28-11-7-6-8-12-28)15-22(23)26-16-24(29)27-25-19(4)13-18(3)14-20(25)5/h9-10,13-15,17,26H,6-8,11-12,16H2,1-5H3,(H,27,29). The number of amides is 1.